The van der Waals surface area contributed by atoms with Crippen LogP contribution in [0, 0.1) is 11.7 Å². The third-order valence-electron chi connectivity index (χ3n) is 8.69. The standard InChI is InChI=1S/C27H35FN6O4/c1-37-24-11-20(21(28)14-29-24)22-12-23(32-31-22)26(36)34-9-4-17(13-27(34)6-7-27)25(35)30-18-5-8-33(15-18)19-3-2-10-38-16-19/h11-12,14,17-19H,2-10,13,15-16H2,1H3,(H,30,35)(H,31,32)/t17-,18-,19-/m0/s1. The highest BCUT2D eigenvalue weighted by atomic mass is 19.1. The quantitative estimate of drug-likeness (QED) is 0.594. The van der Waals surface area contributed by atoms with Gasteiger partial charge >= 0.3 is 0 Å². The Hall–Kier alpha value is -3.05. The van der Waals surface area contributed by atoms with Crippen molar-refractivity contribution in [2.75, 3.05) is 40.0 Å². The lowest BCUT2D eigenvalue weighted by atomic mass is 9.87. The predicted molar refractivity (Wildman–Crippen MR) is 136 cm³/mol. The predicted octanol–water partition coefficient (Wildman–Crippen LogP) is 2.37. The normalized spacial score (nSPS) is 26.9. The molecular formula is C27H35FN6O4. The summed E-state index contributed by atoms with van der Waals surface area (Å²) < 4.78 is 25.1. The van der Waals surface area contributed by atoms with Crippen molar-refractivity contribution in [2.45, 2.75) is 62.6 Å². The molecule has 0 unspecified atom stereocenters. The van der Waals surface area contributed by atoms with E-state index >= 15 is 0 Å². The molecule has 1 spiro atoms. The van der Waals surface area contributed by atoms with Gasteiger partial charge in [0.2, 0.25) is 11.8 Å². The van der Waals surface area contributed by atoms with Crippen molar-refractivity contribution in [3.8, 4) is 17.1 Å². The first-order valence-corrected chi connectivity index (χ1v) is 13.7. The van der Waals surface area contributed by atoms with Gasteiger partial charge in [-0.05, 0) is 51.0 Å². The molecule has 2 N–H and O–H groups in total. The van der Waals surface area contributed by atoms with E-state index in [1.807, 2.05) is 4.90 Å². The van der Waals surface area contributed by atoms with Gasteiger partial charge in [0.05, 0.1) is 25.6 Å². The monoisotopic (exact) mass is 526 g/mol. The van der Waals surface area contributed by atoms with Crippen molar-refractivity contribution in [2.24, 2.45) is 5.92 Å². The van der Waals surface area contributed by atoms with Crippen LogP contribution in [0.15, 0.2) is 18.3 Å². The summed E-state index contributed by atoms with van der Waals surface area (Å²) in [5.74, 6) is -0.432. The largest absolute Gasteiger partial charge is 0.481 e. The van der Waals surface area contributed by atoms with E-state index in [9.17, 15) is 14.0 Å². The number of rotatable bonds is 6. The fourth-order valence-electron chi connectivity index (χ4n) is 6.36. The Morgan fingerprint density at radius 1 is 1.24 bits per heavy atom. The van der Waals surface area contributed by atoms with Gasteiger partial charge in [0.15, 0.2) is 11.5 Å². The van der Waals surface area contributed by atoms with Gasteiger partial charge in [-0.25, -0.2) is 9.37 Å². The fourth-order valence-corrected chi connectivity index (χ4v) is 6.36. The number of aromatic nitrogens is 3. The highest BCUT2D eigenvalue weighted by molar-refractivity contribution is 5.94. The van der Waals surface area contributed by atoms with Crippen LogP contribution in [0.2, 0.25) is 0 Å². The second kappa shape index (κ2) is 10.3. The Bertz CT molecular complexity index is 1190. The third kappa shape index (κ3) is 4.89. The first kappa shape index (κ1) is 25.2. The second-order valence-electron chi connectivity index (χ2n) is 11.1. The molecule has 4 aliphatic rings. The van der Waals surface area contributed by atoms with E-state index in [2.05, 4.69) is 25.4 Å². The summed E-state index contributed by atoms with van der Waals surface area (Å²) in [5, 5.41) is 10.3. The fraction of sp³-hybridized carbons (Fsp3) is 0.630. The summed E-state index contributed by atoms with van der Waals surface area (Å²) in [5.41, 5.74) is 0.572. The number of hydrogen-bond acceptors (Lipinski definition) is 7. The van der Waals surface area contributed by atoms with Crippen LogP contribution < -0.4 is 10.1 Å². The first-order valence-electron chi connectivity index (χ1n) is 13.7. The van der Waals surface area contributed by atoms with Crippen LogP contribution in [0.4, 0.5) is 4.39 Å². The first-order chi connectivity index (χ1) is 18.5. The van der Waals surface area contributed by atoms with Crippen molar-refractivity contribution in [1.29, 1.82) is 0 Å². The molecule has 11 heteroatoms. The number of pyridine rings is 1. The number of likely N-dealkylation sites (tertiary alicyclic amines) is 2. The number of amides is 2. The Kier molecular flexibility index (Phi) is 6.81. The summed E-state index contributed by atoms with van der Waals surface area (Å²) in [6, 6.07) is 3.68. The van der Waals surface area contributed by atoms with Crippen molar-refractivity contribution in [3.63, 3.8) is 0 Å². The zero-order valence-corrected chi connectivity index (χ0v) is 21.7. The number of H-pyrrole nitrogens is 1. The summed E-state index contributed by atoms with van der Waals surface area (Å²) in [6.45, 7) is 4.03. The van der Waals surface area contributed by atoms with Gasteiger partial charge in [0.1, 0.15) is 0 Å². The molecule has 2 aromatic rings. The van der Waals surface area contributed by atoms with Crippen LogP contribution in [0.25, 0.3) is 11.3 Å². The average molecular weight is 527 g/mol. The number of carbonyl (C=O) groups is 2. The summed E-state index contributed by atoms with van der Waals surface area (Å²) in [6.07, 6.45) is 7.38. The molecule has 5 heterocycles. The van der Waals surface area contributed by atoms with Crippen LogP contribution in [-0.4, -0.2) is 94.4 Å². The molecule has 4 fully saturated rings. The van der Waals surface area contributed by atoms with Crippen LogP contribution in [0.3, 0.4) is 0 Å². The molecule has 10 nitrogen and oxygen atoms in total. The summed E-state index contributed by atoms with van der Waals surface area (Å²) in [7, 11) is 1.46. The zero-order chi connectivity index (χ0) is 26.3. The topological polar surface area (TPSA) is 113 Å². The van der Waals surface area contributed by atoms with Crippen LogP contribution in [-0.2, 0) is 9.53 Å². The average Bonchev–Trinajstić information content (AvgIpc) is 3.31. The number of hydrogen-bond donors (Lipinski definition) is 2. The lowest BCUT2D eigenvalue weighted by Gasteiger charge is -2.39. The van der Waals surface area contributed by atoms with Crippen molar-refractivity contribution >= 4 is 11.8 Å². The lowest BCUT2D eigenvalue weighted by molar-refractivity contribution is -0.127. The molecule has 38 heavy (non-hydrogen) atoms. The smallest absolute Gasteiger partial charge is 0.274 e. The molecule has 204 valence electrons. The van der Waals surface area contributed by atoms with Gasteiger partial charge in [0.25, 0.3) is 5.91 Å². The minimum atomic E-state index is -0.531. The Balaban J connectivity index is 1.07. The van der Waals surface area contributed by atoms with E-state index in [-0.39, 0.29) is 46.5 Å². The van der Waals surface area contributed by atoms with Gasteiger partial charge in [-0.3, -0.25) is 19.6 Å². The number of nitrogens with one attached hydrogen (secondary N) is 2. The van der Waals surface area contributed by atoms with E-state index in [0.717, 1.165) is 58.2 Å². The van der Waals surface area contributed by atoms with Crippen LogP contribution >= 0.6 is 0 Å². The molecule has 0 bridgehead atoms. The maximum absolute atomic E-state index is 14.4. The molecule has 0 radical (unpaired) electrons. The third-order valence-corrected chi connectivity index (χ3v) is 8.69. The molecule has 2 aromatic heterocycles. The number of nitrogens with zero attached hydrogens (tertiary/aromatic N) is 4. The molecule has 2 amide bonds. The van der Waals surface area contributed by atoms with Gasteiger partial charge in [-0.15, -0.1) is 0 Å². The van der Waals surface area contributed by atoms with Crippen molar-refractivity contribution < 1.29 is 23.5 Å². The number of halogens is 1. The van der Waals surface area contributed by atoms with E-state index in [0.29, 0.717) is 31.1 Å². The molecule has 1 saturated carbocycles. The Labute approximate surface area is 221 Å². The number of aromatic amines is 1. The van der Waals surface area contributed by atoms with E-state index < -0.39 is 5.82 Å². The SMILES string of the molecule is COc1cc(-c2cc(C(=O)N3CC[C@H](C(=O)N[C@H]4CCN([C@H]5CCCOC5)C4)CC34CC4)n[nH]2)c(F)cn1. The maximum Gasteiger partial charge on any atom is 0.274 e. The number of methoxy groups -OCH3 is 1. The molecule has 3 saturated heterocycles. The maximum atomic E-state index is 14.4. The van der Waals surface area contributed by atoms with E-state index in [4.69, 9.17) is 9.47 Å². The number of ether oxygens (including phenoxy) is 2. The molecule has 6 rings (SSSR count). The minimum Gasteiger partial charge on any atom is -0.481 e. The summed E-state index contributed by atoms with van der Waals surface area (Å²) in [4.78, 5) is 34.9. The van der Waals surface area contributed by atoms with Crippen molar-refractivity contribution in [3.05, 3.63) is 29.8 Å². The lowest BCUT2D eigenvalue weighted by Crippen LogP contribution is -2.52. The molecule has 0 aromatic carbocycles. The highest BCUT2D eigenvalue weighted by Gasteiger charge is 2.55. The van der Waals surface area contributed by atoms with Crippen LogP contribution in [0.1, 0.15) is 55.4 Å². The van der Waals surface area contributed by atoms with Gasteiger partial charge in [-0.2, -0.15) is 5.10 Å². The van der Waals surface area contributed by atoms with Gasteiger partial charge in [0, 0.05) is 61.4 Å². The molecule has 3 atom stereocenters. The van der Waals surface area contributed by atoms with Crippen molar-refractivity contribution in [1.82, 2.24) is 30.3 Å². The highest BCUT2D eigenvalue weighted by Crippen LogP contribution is 2.50. The van der Waals surface area contributed by atoms with Gasteiger partial charge in [-0.1, -0.05) is 0 Å². The molecular weight excluding hydrogens is 491 g/mol. The van der Waals surface area contributed by atoms with E-state index in [1.54, 1.807) is 6.07 Å². The number of carbonyl (C=O) groups excluding carboxylic acids is 2. The molecule has 3 aliphatic heterocycles. The number of piperidine rings is 1. The second-order valence-corrected chi connectivity index (χ2v) is 11.1. The minimum absolute atomic E-state index is 0.0956. The van der Waals surface area contributed by atoms with Gasteiger partial charge < -0.3 is 19.7 Å². The summed E-state index contributed by atoms with van der Waals surface area (Å²) >= 11 is 0. The zero-order valence-electron chi connectivity index (χ0n) is 21.7. The molecule has 1 aliphatic carbocycles. The van der Waals surface area contributed by atoms with E-state index in [1.165, 1.54) is 19.6 Å². The Morgan fingerprint density at radius 2 is 2.11 bits per heavy atom. The Morgan fingerprint density at radius 3 is 2.87 bits per heavy atom. The van der Waals surface area contributed by atoms with Crippen LogP contribution in [0.5, 0.6) is 5.88 Å².